The van der Waals surface area contributed by atoms with Crippen LogP contribution in [0, 0.1) is 11.8 Å². The predicted molar refractivity (Wildman–Crippen MR) is 96.4 cm³/mol. The second-order valence-electron chi connectivity index (χ2n) is 5.32. The van der Waals surface area contributed by atoms with E-state index in [0.717, 1.165) is 17.5 Å². The van der Waals surface area contributed by atoms with Crippen LogP contribution in [0.1, 0.15) is 30.0 Å². The Kier molecular flexibility index (Phi) is 6.73. The SMILES string of the molecule is CCc1ccc(N)c(C#CCCNC(=O)OCc2ccccc2)c1. The average molecular weight is 322 g/mol. The quantitative estimate of drug-likeness (QED) is 0.503. The summed E-state index contributed by atoms with van der Waals surface area (Å²) in [5, 5.41) is 2.68. The van der Waals surface area contributed by atoms with E-state index in [1.165, 1.54) is 5.56 Å². The van der Waals surface area contributed by atoms with Crippen LogP contribution < -0.4 is 11.1 Å². The van der Waals surface area contributed by atoms with E-state index in [0.29, 0.717) is 18.7 Å². The summed E-state index contributed by atoms with van der Waals surface area (Å²) >= 11 is 0. The van der Waals surface area contributed by atoms with Gasteiger partial charge in [0.25, 0.3) is 0 Å². The third-order valence-electron chi connectivity index (χ3n) is 3.48. The van der Waals surface area contributed by atoms with Crippen LogP contribution in [0.5, 0.6) is 0 Å². The highest BCUT2D eigenvalue weighted by molar-refractivity contribution is 5.67. The molecule has 4 nitrogen and oxygen atoms in total. The topological polar surface area (TPSA) is 64.3 Å². The normalized spacial score (nSPS) is 9.71. The molecular weight excluding hydrogens is 300 g/mol. The number of carbonyl (C=O) groups is 1. The molecular formula is C20H22N2O2. The fourth-order valence-electron chi connectivity index (χ4n) is 2.09. The van der Waals surface area contributed by atoms with Crippen molar-refractivity contribution in [3.8, 4) is 11.8 Å². The highest BCUT2D eigenvalue weighted by Crippen LogP contribution is 2.13. The van der Waals surface area contributed by atoms with E-state index in [1.54, 1.807) is 0 Å². The molecule has 3 N–H and O–H groups in total. The van der Waals surface area contributed by atoms with E-state index < -0.39 is 6.09 Å². The number of hydrogen-bond donors (Lipinski definition) is 2. The predicted octanol–water partition coefficient (Wildman–Crippen LogP) is 3.50. The van der Waals surface area contributed by atoms with Gasteiger partial charge in [-0.2, -0.15) is 0 Å². The molecule has 0 saturated heterocycles. The van der Waals surface area contributed by atoms with Gasteiger partial charge in [-0.15, -0.1) is 0 Å². The first-order valence-electron chi connectivity index (χ1n) is 8.01. The molecule has 0 atom stereocenters. The molecule has 0 spiro atoms. The molecule has 0 aliphatic carbocycles. The number of benzene rings is 2. The van der Waals surface area contributed by atoms with E-state index in [1.807, 2.05) is 48.5 Å². The third-order valence-corrected chi connectivity index (χ3v) is 3.48. The zero-order chi connectivity index (χ0) is 17.2. The molecule has 0 saturated carbocycles. The molecule has 124 valence electrons. The van der Waals surface area contributed by atoms with Gasteiger partial charge in [-0.1, -0.05) is 55.2 Å². The standard InChI is InChI=1S/C20H22N2O2/c1-2-16-11-12-19(21)18(14-16)10-6-7-13-22-20(23)24-15-17-8-4-3-5-9-17/h3-5,8-9,11-12,14H,2,7,13,15,21H2,1H3,(H,22,23). The van der Waals surface area contributed by atoms with Crippen molar-refractivity contribution >= 4 is 11.8 Å². The molecule has 0 aliphatic heterocycles. The molecule has 2 aromatic carbocycles. The van der Waals surface area contributed by atoms with Crippen LogP contribution in [-0.2, 0) is 17.8 Å². The summed E-state index contributed by atoms with van der Waals surface area (Å²) in [6.07, 6.45) is 1.05. The van der Waals surface area contributed by atoms with E-state index in [4.69, 9.17) is 10.5 Å². The number of amides is 1. The van der Waals surface area contributed by atoms with Gasteiger partial charge in [-0.3, -0.25) is 0 Å². The van der Waals surface area contributed by atoms with Crippen molar-refractivity contribution in [2.75, 3.05) is 12.3 Å². The van der Waals surface area contributed by atoms with E-state index >= 15 is 0 Å². The molecule has 0 fully saturated rings. The number of rotatable bonds is 5. The fourth-order valence-corrected chi connectivity index (χ4v) is 2.09. The zero-order valence-corrected chi connectivity index (χ0v) is 13.8. The van der Waals surface area contributed by atoms with Crippen molar-refractivity contribution in [3.05, 3.63) is 65.2 Å². The maximum Gasteiger partial charge on any atom is 0.407 e. The molecule has 0 aromatic heterocycles. The maximum absolute atomic E-state index is 11.6. The van der Waals surface area contributed by atoms with Crippen LogP contribution in [0.15, 0.2) is 48.5 Å². The first-order chi connectivity index (χ1) is 11.7. The summed E-state index contributed by atoms with van der Waals surface area (Å²) in [4.78, 5) is 11.6. The van der Waals surface area contributed by atoms with Crippen molar-refractivity contribution in [1.82, 2.24) is 5.32 Å². The van der Waals surface area contributed by atoms with Gasteiger partial charge in [-0.25, -0.2) is 4.79 Å². The lowest BCUT2D eigenvalue weighted by Crippen LogP contribution is -2.24. The molecule has 1 amide bonds. The van der Waals surface area contributed by atoms with Crippen LogP contribution in [0.3, 0.4) is 0 Å². The number of aryl methyl sites for hydroxylation is 1. The lowest BCUT2D eigenvalue weighted by molar-refractivity contribution is 0.140. The van der Waals surface area contributed by atoms with Gasteiger partial charge < -0.3 is 15.8 Å². The Bertz CT molecular complexity index is 730. The summed E-state index contributed by atoms with van der Waals surface area (Å²) < 4.78 is 5.12. The molecule has 0 aliphatic rings. The minimum absolute atomic E-state index is 0.263. The number of hydrogen-bond acceptors (Lipinski definition) is 3. The Hall–Kier alpha value is -2.93. The van der Waals surface area contributed by atoms with Gasteiger partial charge in [0, 0.05) is 24.2 Å². The van der Waals surface area contributed by atoms with E-state index in [9.17, 15) is 4.79 Å². The Labute approximate surface area is 143 Å². The van der Waals surface area contributed by atoms with Gasteiger partial charge in [0.1, 0.15) is 6.61 Å². The minimum atomic E-state index is -0.437. The Morgan fingerprint density at radius 3 is 2.71 bits per heavy atom. The van der Waals surface area contributed by atoms with Gasteiger partial charge in [0.2, 0.25) is 0 Å². The summed E-state index contributed by atoms with van der Waals surface area (Å²) in [7, 11) is 0. The number of alkyl carbamates (subject to hydrolysis) is 1. The Balaban J connectivity index is 1.72. The molecule has 24 heavy (non-hydrogen) atoms. The van der Waals surface area contributed by atoms with Gasteiger partial charge in [0.15, 0.2) is 0 Å². The second kappa shape index (κ2) is 9.26. The minimum Gasteiger partial charge on any atom is -0.445 e. The van der Waals surface area contributed by atoms with Gasteiger partial charge in [0.05, 0.1) is 0 Å². The lowest BCUT2D eigenvalue weighted by atomic mass is 10.1. The zero-order valence-electron chi connectivity index (χ0n) is 13.8. The fraction of sp³-hybridized carbons (Fsp3) is 0.250. The van der Waals surface area contributed by atoms with Crippen molar-refractivity contribution in [2.45, 2.75) is 26.4 Å². The van der Waals surface area contributed by atoms with Crippen molar-refractivity contribution < 1.29 is 9.53 Å². The molecule has 0 bridgehead atoms. The van der Waals surface area contributed by atoms with Crippen LogP contribution in [0.4, 0.5) is 10.5 Å². The highest BCUT2D eigenvalue weighted by Gasteiger charge is 2.01. The summed E-state index contributed by atoms with van der Waals surface area (Å²) in [6.45, 7) is 2.79. The molecule has 0 unspecified atom stereocenters. The first kappa shape index (κ1) is 17.4. The van der Waals surface area contributed by atoms with Crippen LogP contribution in [0.25, 0.3) is 0 Å². The third kappa shape index (κ3) is 5.69. The molecule has 2 aromatic rings. The molecule has 2 rings (SSSR count). The number of nitrogens with two attached hydrogens (primary N) is 1. The second-order valence-corrected chi connectivity index (χ2v) is 5.32. The maximum atomic E-state index is 11.6. The molecule has 0 radical (unpaired) electrons. The molecule has 0 heterocycles. The Morgan fingerprint density at radius 1 is 1.17 bits per heavy atom. The summed E-state index contributed by atoms with van der Waals surface area (Å²) in [5.74, 6) is 6.07. The smallest absolute Gasteiger partial charge is 0.407 e. The summed E-state index contributed by atoms with van der Waals surface area (Å²) in [6, 6.07) is 15.4. The lowest BCUT2D eigenvalue weighted by Gasteiger charge is -2.05. The van der Waals surface area contributed by atoms with Crippen LogP contribution in [-0.4, -0.2) is 12.6 Å². The molecule has 4 heteroatoms. The number of nitrogens with one attached hydrogen (secondary N) is 1. The highest BCUT2D eigenvalue weighted by atomic mass is 16.5. The van der Waals surface area contributed by atoms with Gasteiger partial charge in [-0.05, 0) is 29.7 Å². The number of ether oxygens (including phenoxy) is 1. The number of carbonyl (C=O) groups excluding carboxylic acids is 1. The largest absolute Gasteiger partial charge is 0.445 e. The van der Waals surface area contributed by atoms with Crippen molar-refractivity contribution in [1.29, 1.82) is 0 Å². The summed E-state index contributed by atoms with van der Waals surface area (Å²) in [5.41, 5.74) is 9.58. The van der Waals surface area contributed by atoms with Crippen LogP contribution >= 0.6 is 0 Å². The van der Waals surface area contributed by atoms with E-state index in [2.05, 4.69) is 24.1 Å². The van der Waals surface area contributed by atoms with E-state index in [-0.39, 0.29) is 6.61 Å². The van der Waals surface area contributed by atoms with Crippen LogP contribution in [0.2, 0.25) is 0 Å². The van der Waals surface area contributed by atoms with Crippen molar-refractivity contribution in [3.63, 3.8) is 0 Å². The monoisotopic (exact) mass is 322 g/mol. The number of nitrogen functional groups attached to an aromatic ring is 1. The van der Waals surface area contributed by atoms with Gasteiger partial charge >= 0.3 is 6.09 Å². The first-order valence-corrected chi connectivity index (χ1v) is 8.01. The Morgan fingerprint density at radius 2 is 1.96 bits per heavy atom. The average Bonchev–Trinajstić information content (AvgIpc) is 2.62. The van der Waals surface area contributed by atoms with Crippen molar-refractivity contribution in [2.24, 2.45) is 0 Å². The number of anilines is 1.